The molecule has 0 saturated carbocycles. The summed E-state index contributed by atoms with van der Waals surface area (Å²) in [4.78, 5) is 0.458. The fourth-order valence-corrected chi connectivity index (χ4v) is 3.12. The molecule has 0 aliphatic rings. The second-order valence-corrected chi connectivity index (χ2v) is 6.48. The van der Waals surface area contributed by atoms with Crippen LogP contribution in [0, 0.1) is 13.8 Å². The summed E-state index contributed by atoms with van der Waals surface area (Å²) in [5.74, 6) is 0.130. The van der Waals surface area contributed by atoms with E-state index in [4.69, 9.17) is 12.2 Å². The lowest BCUT2D eigenvalue weighted by Crippen LogP contribution is -2.38. The number of pyridine rings is 1. The van der Waals surface area contributed by atoms with E-state index in [0.717, 1.165) is 16.8 Å². The van der Waals surface area contributed by atoms with Crippen molar-refractivity contribution in [2.75, 3.05) is 5.32 Å². The number of thiocarbonyl (C=S) groups is 1. The Balaban J connectivity index is 2.08. The Bertz CT molecular complexity index is 930. The maximum absolute atomic E-state index is 11.0. The van der Waals surface area contributed by atoms with Gasteiger partial charge in [-0.2, -0.15) is 4.57 Å². The lowest BCUT2D eigenvalue weighted by Gasteiger charge is -2.14. The van der Waals surface area contributed by atoms with Crippen LogP contribution in [-0.2, 0) is 0 Å². The van der Waals surface area contributed by atoms with Gasteiger partial charge in [-0.3, -0.25) is 0 Å². The molecule has 3 aromatic rings. The lowest BCUT2D eigenvalue weighted by molar-refractivity contribution is -0.575. The predicted molar refractivity (Wildman–Crippen MR) is 111 cm³/mol. The molecule has 2 N–H and O–H groups in total. The molecule has 4 heteroatoms. The van der Waals surface area contributed by atoms with Gasteiger partial charge in [0.15, 0.2) is 23.1 Å². The molecule has 0 saturated heterocycles. The van der Waals surface area contributed by atoms with Gasteiger partial charge in [-0.1, -0.05) is 66.8 Å². The van der Waals surface area contributed by atoms with Crippen molar-refractivity contribution in [3.8, 4) is 0 Å². The molecule has 0 amide bonds. The SMILES string of the molecule is Cc1cccc(C)c1NC(=S)C(=C(O)c1ccccc1)[n+]1ccccc1. The average molecular weight is 361 g/mol. The fourth-order valence-electron chi connectivity index (χ4n) is 2.81. The largest absolute Gasteiger partial charge is 0.502 e. The molecule has 1 aromatic heterocycles. The molecule has 0 bridgehead atoms. The molecule has 0 radical (unpaired) electrons. The lowest BCUT2D eigenvalue weighted by atomic mass is 10.1. The van der Waals surface area contributed by atoms with Gasteiger partial charge in [0.1, 0.15) is 0 Å². The summed E-state index contributed by atoms with van der Waals surface area (Å²) in [6, 6.07) is 21.2. The smallest absolute Gasteiger partial charge is 0.288 e. The van der Waals surface area contributed by atoms with Crippen LogP contribution in [0.1, 0.15) is 16.7 Å². The summed E-state index contributed by atoms with van der Waals surface area (Å²) in [7, 11) is 0. The van der Waals surface area contributed by atoms with Gasteiger partial charge in [-0.25, -0.2) is 0 Å². The number of hydrogen-bond donors (Lipinski definition) is 2. The van der Waals surface area contributed by atoms with Crippen LogP contribution < -0.4 is 9.88 Å². The number of para-hydroxylation sites is 1. The highest BCUT2D eigenvalue weighted by Crippen LogP contribution is 2.23. The highest BCUT2D eigenvalue weighted by Gasteiger charge is 2.24. The van der Waals surface area contributed by atoms with Crippen molar-refractivity contribution in [1.82, 2.24) is 0 Å². The number of aliphatic hydroxyl groups is 1. The first kappa shape index (κ1) is 17.8. The van der Waals surface area contributed by atoms with Crippen molar-refractivity contribution >= 4 is 34.3 Å². The molecular weight excluding hydrogens is 340 g/mol. The van der Waals surface area contributed by atoms with Gasteiger partial charge in [0.2, 0.25) is 0 Å². The Kier molecular flexibility index (Phi) is 5.44. The summed E-state index contributed by atoms with van der Waals surface area (Å²) in [6.07, 6.45) is 3.74. The van der Waals surface area contributed by atoms with E-state index in [1.165, 1.54) is 0 Å². The van der Waals surface area contributed by atoms with Gasteiger partial charge in [-0.15, -0.1) is 0 Å². The van der Waals surface area contributed by atoms with Crippen molar-refractivity contribution in [2.24, 2.45) is 0 Å². The Morgan fingerprint density at radius 2 is 1.42 bits per heavy atom. The third-order valence-electron chi connectivity index (χ3n) is 4.18. The van der Waals surface area contributed by atoms with Crippen LogP contribution in [0.4, 0.5) is 5.69 Å². The Labute approximate surface area is 159 Å². The van der Waals surface area contributed by atoms with E-state index in [-0.39, 0.29) is 5.76 Å². The summed E-state index contributed by atoms with van der Waals surface area (Å²) < 4.78 is 1.82. The molecule has 0 aliphatic carbocycles. The van der Waals surface area contributed by atoms with Crippen LogP contribution in [0.25, 0.3) is 11.5 Å². The molecule has 130 valence electrons. The van der Waals surface area contributed by atoms with Crippen LogP contribution >= 0.6 is 12.2 Å². The van der Waals surface area contributed by atoms with Crippen molar-refractivity contribution in [3.05, 3.63) is 95.8 Å². The number of rotatable bonds is 4. The zero-order valence-electron chi connectivity index (χ0n) is 14.8. The topological polar surface area (TPSA) is 36.1 Å². The average Bonchev–Trinajstić information content (AvgIpc) is 2.66. The van der Waals surface area contributed by atoms with Gasteiger partial charge in [0.05, 0.1) is 0 Å². The van der Waals surface area contributed by atoms with E-state index in [9.17, 15) is 5.11 Å². The zero-order chi connectivity index (χ0) is 18.5. The van der Waals surface area contributed by atoms with E-state index in [0.29, 0.717) is 16.2 Å². The number of hydrogen-bond acceptors (Lipinski definition) is 2. The minimum atomic E-state index is 0.130. The normalized spacial score (nSPS) is 11.6. The summed E-state index contributed by atoms with van der Waals surface area (Å²) >= 11 is 5.69. The molecule has 1 heterocycles. The monoisotopic (exact) mass is 361 g/mol. The Morgan fingerprint density at radius 3 is 2.04 bits per heavy atom. The zero-order valence-corrected chi connectivity index (χ0v) is 15.6. The van der Waals surface area contributed by atoms with Gasteiger partial charge in [-0.05, 0) is 25.0 Å². The number of aliphatic hydroxyl groups excluding tert-OH is 1. The molecule has 0 atom stereocenters. The first-order chi connectivity index (χ1) is 12.6. The van der Waals surface area contributed by atoms with E-state index in [2.05, 4.69) is 5.32 Å². The molecular formula is C22H21N2OS+. The molecule has 0 aliphatic heterocycles. The van der Waals surface area contributed by atoms with E-state index in [1.807, 2.05) is 97.5 Å². The van der Waals surface area contributed by atoms with Crippen LogP contribution in [0.15, 0.2) is 79.1 Å². The van der Waals surface area contributed by atoms with Crippen LogP contribution in [0.2, 0.25) is 0 Å². The number of benzene rings is 2. The summed E-state index contributed by atoms with van der Waals surface area (Å²) in [5, 5.41) is 14.3. The van der Waals surface area contributed by atoms with Crippen LogP contribution in [0.3, 0.4) is 0 Å². The molecule has 26 heavy (non-hydrogen) atoms. The summed E-state index contributed by atoms with van der Waals surface area (Å²) in [6.45, 7) is 4.07. The predicted octanol–water partition coefficient (Wildman–Crippen LogP) is 4.91. The summed E-state index contributed by atoms with van der Waals surface area (Å²) in [5.41, 5.74) is 4.42. The van der Waals surface area contributed by atoms with Gasteiger partial charge < -0.3 is 10.4 Å². The van der Waals surface area contributed by atoms with Gasteiger partial charge in [0.25, 0.3) is 5.70 Å². The molecule has 2 aromatic carbocycles. The molecule has 3 rings (SSSR count). The van der Waals surface area contributed by atoms with Crippen LogP contribution in [0.5, 0.6) is 0 Å². The van der Waals surface area contributed by atoms with Crippen LogP contribution in [-0.4, -0.2) is 10.1 Å². The highest BCUT2D eigenvalue weighted by atomic mass is 32.1. The number of aryl methyl sites for hydroxylation is 2. The maximum Gasteiger partial charge on any atom is 0.288 e. The minimum absolute atomic E-state index is 0.130. The van der Waals surface area contributed by atoms with Crippen molar-refractivity contribution in [3.63, 3.8) is 0 Å². The molecule has 0 unspecified atom stereocenters. The second kappa shape index (κ2) is 7.93. The minimum Gasteiger partial charge on any atom is -0.502 e. The quantitative estimate of drug-likeness (QED) is 0.300. The van der Waals surface area contributed by atoms with E-state index in [1.54, 1.807) is 0 Å². The molecule has 0 spiro atoms. The number of aromatic nitrogens is 1. The van der Waals surface area contributed by atoms with Gasteiger partial charge in [0, 0.05) is 23.4 Å². The van der Waals surface area contributed by atoms with Crippen molar-refractivity contribution in [1.29, 1.82) is 0 Å². The Hall–Kier alpha value is -2.98. The first-order valence-corrected chi connectivity index (χ1v) is 8.81. The number of nitrogens with zero attached hydrogens (tertiary/aromatic N) is 1. The first-order valence-electron chi connectivity index (χ1n) is 8.41. The number of anilines is 1. The van der Waals surface area contributed by atoms with E-state index < -0.39 is 0 Å². The third-order valence-corrected chi connectivity index (χ3v) is 4.48. The Morgan fingerprint density at radius 1 is 0.846 bits per heavy atom. The third kappa shape index (κ3) is 3.81. The molecule has 3 nitrogen and oxygen atoms in total. The van der Waals surface area contributed by atoms with Crippen molar-refractivity contribution < 1.29 is 9.67 Å². The second-order valence-electron chi connectivity index (χ2n) is 6.07. The fraction of sp³-hybridized carbons (Fsp3) is 0.0909. The van der Waals surface area contributed by atoms with Gasteiger partial charge >= 0.3 is 0 Å². The number of nitrogens with one attached hydrogen (secondary N) is 1. The molecule has 0 fully saturated rings. The maximum atomic E-state index is 11.0. The highest BCUT2D eigenvalue weighted by molar-refractivity contribution is 7.81. The van der Waals surface area contributed by atoms with E-state index >= 15 is 0 Å². The standard InChI is InChI=1S/C22H20N2OS/c1-16-10-9-11-17(2)19(16)23-22(26)20(24-14-7-4-8-15-24)21(25)18-12-5-3-6-13-18/h3-15H,1-2H3,(H-,23,25,26)/p+1. The van der Waals surface area contributed by atoms with Crippen molar-refractivity contribution in [2.45, 2.75) is 13.8 Å².